The number of carboxylic acids is 1. The van der Waals surface area contributed by atoms with E-state index in [0.29, 0.717) is 22.5 Å². The molecule has 0 aliphatic heterocycles. The van der Waals surface area contributed by atoms with Crippen LogP contribution in [0.3, 0.4) is 0 Å². The maximum Gasteiger partial charge on any atom is 0.119 e. The van der Waals surface area contributed by atoms with E-state index in [9.17, 15) is 9.90 Å². The van der Waals surface area contributed by atoms with Crippen LogP contribution in [0.5, 0.6) is 5.75 Å². The summed E-state index contributed by atoms with van der Waals surface area (Å²) in [5.41, 5.74) is 0.798. The Balaban J connectivity index is 1.95. The second-order valence-corrected chi connectivity index (χ2v) is 5.91. The molecule has 0 spiro atoms. The molecule has 0 aliphatic carbocycles. The molecule has 3 aromatic rings. The van der Waals surface area contributed by atoms with Crippen LogP contribution in [0, 0.1) is 0 Å². The average molecular weight is 324 g/mol. The van der Waals surface area contributed by atoms with Gasteiger partial charge in [-0.05, 0) is 43.3 Å². The number of para-hydroxylation sites is 1. The molecule has 0 amide bonds. The van der Waals surface area contributed by atoms with E-state index in [1.54, 1.807) is 24.3 Å². The lowest BCUT2D eigenvalue weighted by Gasteiger charge is -2.10. The van der Waals surface area contributed by atoms with Gasteiger partial charge in [0.15, 0.2) is 0 Å². The van der Waals surface area contributed by atoms with Crippen molar-refractivity contribution >= 4 is 28.6 Å². The normalized spacial score (nSPS) is 10.7. The van der Waals surface area contributed by atoms with Gasteiger partial charge in [-0.1, -0.05) is 30.0 Å². The van der Waals surface area contributed by atoms with Gasteiger partial charge in [-0.15, -0.1) is 0 Å². The summed E-state index contributed by atoms with van der Waals surface area (Å²) in [6.45, 7) is 2.55. The van der Waals surface area contributed by atoms with E-state index in [1.165, 1.54) is 11.8 Å². The number of hydrogen-bond acceptors (Lipinski definition) is 5. The number of aromatic nitrogens is 1. The number of carbonyl (C=O) groups is 1. The molecule has 0 radical (unpaired) electrons. The predicted molar refractivity (Wildman–Crippen MR) is 87.8 cm³/mol. The molecule has 0 saturated carbocycles. The molecule has 4 nitrogen and oxygen atoms in total. The molecular formula is C18H14NO3S-. The third kappa shape index (κ3) is 3.46. The molecule has 23 heavy (non-hydrogen) atoms. The smallest absolute Gasteiger partial charge is 0.119 e. The zero-order chi connectivity index (χ0) is 16.2. The summed E-state index contributed by atoms with van der Waals surface area (Å²) >= 11 is 1.40. The van der Waals surface area contributed by atoms with E-state index < -0.39 is 5.97 Å². The van der Waals surface area contributed by atoms with E-state index >= 15 is 0 Å². The highest BCUT2D eigenvalue weighted by Crippen LogP contribution is 2.30. The predicted octanol–water partition coefficient (Wildman–Crippen LogP) is 3.15. The van der Waals surface area contributed by atoms with Crippen molar-refractivity contribution in [3.8, 4) is 5.75 Å². The molecule has 0 saturated heterocycles. The summed E-state index contributed by atoms with van der Waals surface area (Å²) in [5, 5.41) is 12.6. The van der Waals surface area contributed by atoms with Gasteiger partial charge in [0.1, 0.15) is 10.8 Å². The molecule has 0 atom stereocenters. The van der Waals surface area contributed by atoms with E-state index in [1.807, 2.05) is 37.3 Å². The van der Waals surface area contributed by atoms with Gasteiger partial charge in [-0.2, -0.15) is 0 Å². The van der Waals surface area contributed by atoms with E-state index in [4.69, 9.17) is 4.74 Å². The highest BCUT2D eigenvalue weighted by Gasteiger charge is 2.08. The molecule has 5 heteroatoms. The van der Waals surface area contributed by atoms with Crippen LogP contribution in [0.15, 0.2) is 64.5 Å². The van der Waals surface area contributed by atoms with Gasteiger partial charge in [0.05, 0.1) is 18.1 Å². The first kappa shape index (κ1) is 15.4. The Morgan fingerprint density at radius 3 is 2.61 bits per heavy atom. The Hall–Kier alpha value is -2.53. The summed E-state index contributed by atoms with van der Waals surface area (Å²) in [7, 11) is 0. The first-order valence-corrected chi connectivity index (χ1v) is 8.01. The second kappa shape index (κ2) is 6.71. The number of carbonyl (C=O) groups excluding carboxylic acids is 1. The number of fused-ring (bicyclic) bond motifs is 1. The first-order chi connectivity index (χ1) is 11.2. The summed E-state index contributed by atoms with van der Waals surface area (Å²) in [4.78, 5) is 16.8. The molecular weight excluding hydrogens is 310 g/mol. The van der Waals surface area contributed by atoms with Crippen molar-refractivity contribution in [3.05, 3.63) is 60.2 Å². The summed E-state index contributed by atoms with van der Waals surface area (Å²) in [6, 6.07) is 16.3. The molecule has 3 rings (SSSR count). The Morgan fingerprint density at radius 1 is 1.17 bits per heavy atom. The van der Waals surface area contributed by atoms with Crippen molar-refractivity contribution in [3.63, 3.8) is 0 Å². The minimum Gasteiger partial charge on any atom is -0.545 e. The zero-order valence-electron chi connectivity index (χ0n) is 12.5. The minimum atomic E-state index is -1.20. The minimum absolute atomic E-state index is 0.157. The molecule has 0 unspecified atom stereocenters. The van der Waals surface area contributed by atoms with Crippen LogP contribution in [0.4, 0.5) is 0 Å². The molecule has 1 aromatic heterocycles. The van der Waals surface area contributed by atoms with Crippen molar-refractivity contribution in [2.24, 2.45) is 0 Å². The fourth-order valence-electron chi connectivity index (χ4n) is 2.26. The molecule has 0 N–H and O–H groups in total. The Kier molecular flexibility index (Phi) is 4.48. The summed E-state index contributed by atoms with van der Waals surface area (Å²) in [6.07, 6.45) is 0. The number of pyridine rings is 1. The van der Waals surface area contributed by atoms with Crippen LogP contribution in [0.1, 0.15) is 17.3 Å². The van der Waals surface area contributed by atoms with Crippen molar-refractivity contribution in [1.29, 1.82) is 0 Å². The van der Waals surface area contributed by atoms with Crippen molar-refractivity contribution in [2.75, 3.05) is 6.61 Å². The molecule has 116 valence electrons. The summed E-state index contributed by atoms with van der Waals surface area (Å²) in [5.74, 6) is -0.393. The topological polar surface area (TPSA) is 62.2 Å². The molecule has 0 aliphatic rings. The number of benzene rings is 2. The Morgan fingerprint density at radius 2 is 1.91 bits per heavy atom. The lowest BCUT2D eigenvalue weighted by molar-refractivity contribution is -0.254. The molecule has 0 fully saturated rings. The second-order valence-electron chi connectivity index (χ2n) is 4.82. The largest absolute Gasteiger partial charge is 0.545 e. The molecule has 2 aromatic carbocycles. The first-order valence-electron chi connectivity index (χ1n) is 7.19. The van der Waals surface area contributed by atoms with Gasteiger partial charge in [-0.25, -0.2) is 4.98 Å². The third-order valence-electron chi connectivity index (χ3n) is 3.27. The standard InChI is InChI=1S/C18H15NO3S/c1-2-22-12-7-9-13(10-8-12)23-17-11-15(18(20)21)14-5-3-4-6-16(14)19-17/h3-11H,2H2,1H3,(H,20,21)/p-1. The zero-order valence-corrected chi connectivity index (χ0v) is 13.3. The monoisotopic (exact) mass is 324 g/mol. The Labute approximate surface area is 138 Å². The number of ether oxygens (including phenoxy) is 1. The van der Waals surface area contributed by atoms with Crippen LogP contribution in [0.2, 0.25) is 0 Å². The highest BCUT2D eigenvalue weighted by atomic mass is 32.2. The van der Waals surface area contributed by atoms with Crippen LogP contribution in [-0.4, -0.2) is 17.6 Å². The van der Waals surface area contributed by atoms with Crippen LogP contribution >= 0.6 is 11.8 Å². The van der Waals surface area contributed by atoms with Crippen LogP contribution < -0.4 is 9.84 Å². The van der Waals surface area contributed by atoms with Gasteiger partial charge in [0.2, 0.25) is 0 Å². The highest BCUT2D eigenvalue weighted by molar-refractivity contribution is 7.99. The number of nitrogens with zero attached hydrogens (tertiary/aromatic N) is 1. The lowest BCUT2D eigenvalue weighted by atomic mass is 10.1. The number of rotatable bonds is 5. The number of hydrogen-bond donors (Lipinski definition) is 0. The fourth-order valence-corrected chi connectivity index (χ4v) is 3.10. The van der Waals surface area contributed by atoms with Gasteiger partial charge in [0, 0.05) is 15.8 Å². The van der Waals surface area contributed by atoms with Gasteiger partial charge in [-0.3, -0.25) is 0 Å². The lowest BCUT2D eigenvalue weighted by Crippen LogP contribution is -2.22. The van der Waals surface area contributed by atoms with Gasteiger partial charge < -0.3 is 14.6 Å². The van der Waals surface area contributed by atoms with E-state index in [0.717, 1.165) is 10.6 Å². The Bertz CT molecular complexity index is 847. The van der Waals surface area contributed by atoms with Gasteiger partial charge >= 0.3 is 0 Å². The van der Waals surface area contributed by atoms with Crippen molar-refractivity contribution in [1.82, 2.24) is 4.98 Å². The van der Waals surface area contributed by atoms with Crippen molar-refractivity contribution < 1.29 is 14.6 Å². The van der Waals surface area contributed by atoms with Crippen LogP contribution in [0.25, 0.3) is 10.9 Å². The van der Waals surface area contributed by atoms with E-state index in [2.05, 4.69) is 4.98 Å². The van der Waals surface area contributed by atoms with Gasteiger partial charge in [0.25, 0.3) is 0 Å². The average Bonchev–Trinajstić information content (AvgIpc) is 2.56. The molecule has 0 bridgehead atoms. The van der Waals surface area contributed by atoms with Crippen molar-refractivity contribution in [2.45, 2.75) is 16.8 Å². The quantitative estimate of drug-likeness (QED) is 0.721. The maximum atomic E-state index is 11.4. The number of aromatic carboxylic acids is 1. The summed E-state index contributed by atoms with van der Waals surface area (Å²) < 4.78 is 5.41. The fraction of sp³-hybridized carbons (Fsp3) is 0.111. The van der Waals surface area contributed by atoms with Crippen LogP contribution in [-0.2, 0) is 0 Å². The third-order valence-corrected chi connectivity index (χ3v) is 4.20. The van der Waals surface area contributed by atoms with E-state index in [-0.39, 0.29) is 5.56 Å². The number of carboxylic acid groups (broad SMARTS) is 1. The SMILES string of the molecule is CCOc1ccc(Sc2cc(C(=O)[O-])c3ccccc3n2)cc1. The maximum absolute atomic E-state index is 11.4. The molecule has 1 heterocycles.